The lowest BCUT2D eigenvalue weighted by Gasteiger charge is -2.27. The van der Waals surface area contributed by atoms with Gasteiger partial charge in [-0.2, -0.15) is 0 Å². The Kier molecular flexibility index (Phi) is 6.96. The van der Waals surface area contributed by atoms with Gasteiger partial charge in [0.25, 0.3) is 5.91 Å². The highest BCUT2D eigenvalue weighted by Gasteiger charge is 2.25. The molecule has 7 heteroatoms. The van der Waals surface area contributed by atoms with Crippen LogP contribution in [0.1, 0.15) is 16.8 Å². The zero-order chi connectivity index (χ0) is 24.9. The molecule has 0 bridgehead atoms. The summed E-state index contributed by atoms with van der Waals surface area (Å²) in [6, 6.07) is 26.6. The summed E-state index contributed by atoms with van der Waals surface area (Å²) in [6.45, 7) is 1.27. The third kappa shape index (κ3) is 5.56. The minimum atomic E-state index is -0.200. The molecule has 1 fully saturated rings. The van der Waals surface area contributed by atoms with E-state index in [0.29, 0.717) is 36.0 Å². The number of nitrogens with zero attached hydrogens (tertiary/aromatic N) is 2. The standard InChI is InChI=1S/C29H24ClN3O3/c30-23-10-5-20(6-11-23)17-26(29(35)33-16-15-31-28(34)18-33)21-8-13-25(14-9-21)36-19-24-12-7-22-3-1-2-4-27(22)32-24/h1-14,17H,15-16,18-19H2,(H,31,34)/b26-17+. The van der Waals surface area contributed by atoms with Gasteiger partial charge in [-0.3, -0.25) is 9.59 Å². The predicted octanol–water partition coefficient (Wildman–Crippen LogP) is 4.97. The van der Waals surface area contributed by atoms with Crippen molar-refractivity contribution < 1.29 is 14.3 Å². The van der Waals surface area contributed by atoms with Crippen molar-refractivity contribution in [2.45, 2.75) is 6.61 Å². The smallest absolute Gasteiger partial charge is 0.255 e. The third-order valence-electron chi connectivity index (χ3n) is 5.95. The zero-order valence-corrected chi connectivity index (χ0v) is 20.2. The molecule has 2 heterocycles. The third-order valence-corrected chi connectivity index (χ3v) is 6.20. The molecule has 3 aromatic carbocycles. The number of carbonyl (C=O) groups excluding carboxylic acids is 2. The molecule has 1 aliphatic heterocycles. The molecule has 0 atom stereocenters. The summed E-state index contributed by atoms with van der Waals surface area (Å²) < 4.78 is 5.95. The molecular formula is C29H24ClN3O3. The van der Waals surface area contributed by atoms with Crippen LogP contribution in [0.2, 0.25) is 5.02 Å². The Labute approximate surface area is 214 Å². The fourth-order valence-corrected chi connectivity index (χ4v) is 4.18. The zero-order valence-electron chi connectivity index (χ0n) is 19.5. The number of benzene rings is 3. The maximum absolute atomic E-state index is 13.4. The van der Waals surface area contributed by atoms with Gasteiger partial charge in [0.05, 0.1) is 17.8 Å². The number of nitrogens with one attached hydrogen (secondary N) is 1. The van der Waals surface area contributed by atoms with Gasteiger partial charge in [0.2, 0.25) is 5.91 Å². The average Bonchev–Trinajstić information content (AvgIpc) is 2.91. The normalized spacial score (nSPS) is 14.0. The van der Waals surface area contributed by atoms with Crippen LogP contribution in [-0.2, 0) is 16.2 Å². The minimum absolute atomic E-state index is 0.0384. The van der Waals surface area contributed by atoms with Crippen LogP contribution in [0.3, 0.4) is 0 Å². The second-order valence-electron chi connectivity index (χ2n) is 8.49. The highest BCUT2D eigenvalue weighted by atomic mass is 35.5. The molecule has 6 nitrogen and oxygen atoms in total. The number of hydrogen-bond acceptors (Lipinski definition) is 4. The number of aromatic nitrogens is 1. The highest BCUT2D eigenvalue weighted by molar-refractivity contribution is 6.30. The Balaban J connectivity index is 1.36. The Morgan fingerprint density at radius 1 is 1.00 bits per heavy atom. The minimum Gasteiger partial charge on any atom is -0.487 e. The van der Waals surface area contributed by atoms with Crippen LogP contribution in [0.25, 0.3) is 22.6 Å². The van der Waals surface area contributed by atoms with E-state index in [-0.39, 0.29) is 18.4 Å². The van der Waals surface area contributed by atoms with Gasteiger partial charge in [0.1, 0.15) is 12.4 Å². The molecule has 36 heavy (non-hydrogen) atoms. The van der Waals surface area contributed by atoms with E-state index >= 15 is 0 Å². The summed E-state index contributed by atoms with van der Waals surface area (Å²) >= 11 is 6.03. The first-order chi connectivity index (χ1) is 17.5. The van der Waals surface area contributed by atoms with Crippen LogP contribution in [0.5, 0.6) is 5.75 Å². The van der Waals surface area contributed by atoms with Crippen molar-refractivity contribution >= 4 is 46.0 Å². The van der Waals surface area contributed by atoms with Gasteiger partial charge in [-0.05, 0) is 53.6 Å². The molecule has 1 aromatic heterocycles. The second kappa shape index (κ2) is 10.6. The van der Waals surface area contributed by atoms with Crippen molar-refractivity contribution in [1.29, 1.82) is 0 Å². The molecule has 0 unspecified atom stereocenters. The molecule has 5 rings (SSSR count). The van der Waals surface area contributed by atoms with Crippen molar-refractivity contribution in [3.05, 3.63) is 107 Å². The van der Waals surface area contributed by atoms with Crippen LogP contribution in [-0.4, -0.2) is 41.3 Å². The van der Waals surface area contributed by atoms with Crippen LogP contribution in [0.15, 0.2) is 84.9 Å². The Hall–Kier alpha value is -4.16. The van der Waals surface area contributed by atoms with Gasteiger partial charge < -0.3 is 15.0 Å². The fraction of sp³-hybridized carbons (Fsp3) is 0.138. The van der Waals surface area contributed by atoms with Crippen LogP contribution >= 0.6 is 11.6 Å². The maximum Gasteiger partial charge on any atom is 0.255 e. The van der Waals surface area contributed by atoms with Gasteiger partial charge in [-0.15, -0.1) is 0 Å². The van der Waals surface area contributed by atoms with Crippen LogP contribution in [0.4, 0.5) is 0 Å². The topological polar surface area (TPSA) is 71.5 Å². The SMILES string of the molecule is O=C1CN(C(=O)/C(=C/c2ccc(Cl)cc2)c2ccc(OCc3ccc4ccccc4n3)cc2)CCN1. The van der Waals surface area contributed by atoms with Crippen LogP contribution < -0.4 is 10.1 Å². The maximum atomic E-state index is 13.4. The molecule has 4 aromatic rings. The van der Waals surface area contributed by atoms with Gasteiger partial charge >= 0.3 is 0 Å². The van der Waals surface area contributed by atoms with E-state index in [4.69, 9.17) is 16.3 Å². The molecule has 1 N–H and O–H groups in total. The van der Waals surface area contributed by atoms with E-state index in [1.807, 2.05) is 78.9 Å². The monoisotopic (exact) mass is 497 g/mol. The quantitative estimate of drug-likeness (QED) is 0.302. The van der Waals surface area contributed by atoms with E-state index in [1.165, 1.54) is 0 Å². The Morgan fingerprint density at radius 3 is 2.56 bits per heavy atom. The Bertz CT molecular complexity index is 1430. The molecular weight excluding hydrogens is 474 g/mol. The van der Waals surface area contributed by atoms with E-state index in [9.17, 15) is 9.59 Å². The number of hydrogen-bond donors (Lipinski definition) is 1. The predicted molar refractivity (Wildman–Crippen MR) is 141 cm³/mol. The molecule has 0 radical (unpaired) electrons. The second-order valence-corrected chi connectivity index (χ2v) is 8.93. The molecule has 1 aliphatic rings. The van der Waals surface area contributed by atoms with Gasteiger partial charge in [-0.25, -0.2) is 4.98 Å². The summed E-state index contributed by atoms with van der Waals surface area (Å²) in [5.74, 6) is 0.310. The summed E-state index contributed by atoms with van der Waals surface area (Å²) in [7, 11) is 0. The number of carbonyl (C=O) groups is 2. The van der Waals surface area contributed by atoms with E-state index in [0.717, 1.165) is 27.7 Å². The average molecular weight is 498 g/mol. The summed E-state index contributed by atoms with van der Waals surface area (Å²) in [5.41, 5.74) is 3.83. The van der Waals surface area contributed by atoms with Gasteiger partial charge in [0, 0.05) is 29.1 Å². The van der Waals surface area contributed by atoms with Crippen molar-refractivity contribution in [3.63, 3.8) is 0 Å². The number of halogens is 1. The number of fused-ring (bicyclic) bond motifs is 1. The first kappa shape index (κ1) is 23.6. The van der Waals surface area contributed by atoms with Crippen molar-refractivity contribution in [3.8, 4) is 5.75 Å². The molecule has 0 spiro atoms. The molecule has 1 saturated heterocycles. The van der Waals surface area contributed by atoms with Crippen LogP contribution in [0, 0.1) is 0 Å². The fourth-order valence-electron chi connectivity index (χ4n) is 4.05. The lowest BCUT2D eigenvalue weighted by Crippen LogP contribution is -2.50. The number of pyridine rings is 1. The van der Waals surface area contributed by atoms with E-state index in [2.05, 4.69) is 10.3 Å². The number of ether oxygens (including phenoxy) is 1. The van der Waals surface area contributed by atoms with Crippen molar-refractivity contribution in [1.82, 2.24) is 15.2 Å². The molecule has 2 amide bonds. The van der Waals surface area contributed by atoms with Gasteiger partial charge in [0.15, 0.2) is 0 Å². The first-order valence-corrected chi connectivity index (χ1v) is 12.0. The van der Waals surface area contributed by atoms with Crippen molar-refractivity contribution in [2.24, 2.45) is 0 Å². The highest BCUT2D eigenvalue weighted by Crippen LogP contribution is 2.25. The van der Waals surface area contributed by atoms with Crippen molar-refractivity contribution in [2.75, 3.05) is 19.6 Å². The molecule has 0 aliphatic carbocycles. The summed E-state index contributed by atoms with van der Waals surface area (Å²) in [4.78, 5) is 31.5. The lowest BCUT2D eigenvalue weighted by atomic mass is 10.0. The number of piperazine rings is 1. The Morgan fingerprint density at radius 2 is 1.78 bits per heavy atom. The molecule has 0 saturated carbocycles. The number of amides is 2. The number of rotatable bonds is 6. The number of para-hydroxylation sites is 1. The summed E-state index contributed by atoms with van der Waals surface area (Å²) in [5, 5.41) is 4.46. The summed E-state index contributed by atoms with van der Waals surface area (Å²) in [6.07, 6.45) is 1.82. The van der Waals surface area contributed by atoms with E-state index in [1.54, 1.807) is 17.0 Å². The molecule has 180 valence electrons. The van der Waals surface area contributed by atoms with Gasteiger partial charge in [-0.1, -0.05) is 60.1 Å². The van der Waals surface area contributed by atoms with E-state index < -0.39 is 0 Å². The first-order valence-electron chi connectivity index (χ1n) is 11.7. The largest absolute Gasteiger partial charge is 0.487 e. The lowest BCUT2D eigenvalue weighted by molar-refractivity contribution is -0.134.